The minimum Gasteiger partial charge on any atom is -0.398 e. The molecule has 0 aliphatic rings. The van der Waals surface area contributed by atoms with Crippen LogP contribution in [0.25, 0.3) is 0 Å². The molecule has 0 saturated carbocycles. The molecule has 0 unspecified atom stereocenters. The van der Waals surface area contributed by atoms with Crippen LogP contribution in [-0.2, 0) is 14.1 Å². The fourth-order valence-corrected chi connectivity index (χ4v) is 1.93. The zero-order valence-electron chi connectivity index (χ0n) is 9.22. The van der Waals surface area contributed by atoms with Gasteiger partial charge in [-0.15, -0.1) is 0 Å². The van der Waals surface area contributed by atoms with Crippen LogP contribution in [0.15, 0.2) is 47.3 Å². The van der Waals surface area contributed by atoms with Crippen molar-refractivity contribution in [2.24, 2.45) is 14.1 Å². The predicted octanol–water partition coefficient (Wildman–Crippen LogP) is 1.89. The summed E-state index contributed by atoms with van der Waals surface area (Å²) in [7, 11) is 3.91. The minimum atomic E-state index is 0.786. The Morgan fingerprint density at radius 1 is 1.12 bits per heavy atom. The summed E-state index contributed by atoms with van der Waals surface area (Å²) in [6, 6.07) is 7.80. The summed E-state index contributed by atoms with van der Waals surface area (Å²) in [6.45, 7) is 0. The van der Waals surface area contributed by atoms with E-state index in [9.17, 15) is 0 Å². The molecule has 0 atom stereocenters. The van der Waals surface area contributed by atoms with Gasteiger partial charge in [0.05, 0.1) is 0 Å². The topological polar surface area (TPSA) is 17.0 Å². The van der Waals surface area contributed by atoms with Crippen molar-refractivity contribution in [1.82, 2.24) is 0 Å². The van der Waals surface area contributed by atoms with Crippen LogP contribution in [0.1, 0.15) is 0 Å². The lowest BCUT2D eigenvalue weighted by Crippen LogP contribution is -2.30. The molecule has 0 amide bonds. The van der Waals surface area contributed by atoms with Crippen molar-refractivity contribution >= 4 is 15.9 Å². The lowest BCUT2D eigenvalue weighted by Gasteiger charge is -2.03. The molecule has 2 rings (SSSR count). The largest absolute Gasteiger partial charge is 0.398 e. The van der Waals surface area contributed by atoms with Gasteiger partial charge in [-0.05, 0) is 28.1 Å². The Morgan fingerprint density at radius 3 is 2.56 bits per heavy atom. The van der Waals surface area contributed by atoms with Crippen LogP contribution >= 0.6 is 15.9 Å². The average molecular weight is 281 g/mol. The van der Waals surface area contributed by atoms with Crippen molar-refractivity contribution in [3.05, 3.63) is 47.3 Å². The number of pyridine rings is 2. The number of ether oxygens (including phenoxy) is 1. The Morgan fingerprint density at radius 2 is 1.88 bits per heavy atom. The molecule has 0 saturated heterocycles. The van der Waals surface area contributed by atoms with Gasteiger partial charge >= 0.3 is 5.88 Å². The van der Waals surface area contributed by atoms with Gasteiger partial charge in [-0.3, -0.25) is 0 Å². The first kappa shape index (κ1) is 11.1. The number of halogens is 1. The molecule has 4 heteroatoms. The zero-order valence-corrected chi connectivity index (χ0v) is 10.8. The van der Waals surface area contributed by atoms with Gasteiger partial charge in [0.25, 0.3) is 0 Å². The number of hydrogen-bond acceptors (Lipinski definition) is 1. The Balaban J connectivity index is 2.34. The number of aromatic nitrogens is 2. The quantitative estimate of drug-likeness (QED) is 0.768. The second kappa shape index (κ2) is 4.61. The molecule has 0 aromatic carbocycles. The minimum absolute atomic E-state index is 0.786. The highest BCUT2D eigenvalue weighted by molar-refractivity contribution is 9.10. The maximum Gasteiger partial charge on any atom is 0.387 e. The molecule has 2 aromatic heterocycles. The maximum atomic E-state index is 5.82. The zero-order chi connectivity index (χ0) is 11.5. The van der Waals surface area contributed by atoms with Crippen LogP contribution in [0.5, 0.6) is 11.6 Å². The van der Waals surface area contributed by atoms with Gasteiger partial charge in [0.15, 0.2) is 18.1 Å². The molecule has 0 fully saturated rings. The van der Waals surface area contributed by atoms with E-state index < -0.39 is 0 Å². The highest BCUT2D eigenvalue weighted by Gasteiger charge is 2.14. The number of rotatable bonds is 2. The van der Waals surface area contributed by atoms with E-state index in [1.807, 2.05) is 66.1 Å². The molecular formula is C12H13BrN2O+2. The fraction of sp³-hybridized carbons (Fsp3) is 0.167. The van der Waals surface area contributed by atoms with E-state index in [0.29, 0.717) is 0 Å². The standard InChI is InChI=1S/C12H13BrN2O/c1-14-7-3-5-10(9-14)16-12-11(13)6-4-8-15(12)2/h3-9H,1-2H3/q+2. The van der Waals surface area contributed by atoms with Gasteiger partial charge in [-0.1, -0.05) is 0 Å². The van der Waals surface area contributed by atoms with Gasteiger partial charge in [0.1, 0.15) is 18.6 Å². The lowest BCUT2D eigenvalue weighted by molar-refractivity contribution is -0.679. The second-order valence-electron chi connectivity index (χ2n) is 3.58. The first-order valence-electron chi connectivity index (χ1n) is 4.94. The summed E-state index contributed by atoms with van der Waals surface area (Å²) in [6.07, 6.45) is 5.84. The van der Waals surface area contributed by atoms with Gasteiger partial charge in [-0.25, -0.2) is 4.57 Å². The van der Waals surface area contributed by atoms with E-state index in [1.54, 1.807) is 0 Å². The van der Waals surface area contributed by atoms with Crippen molar-refractivity contribution < 1.29 is 13.9 Å². The molecule has 2 aromatic rings. The van der Waals surface area contributed by atoms with E-state index in [4.69, 9.17) is 4.74 Å². The number of hydrogen-bond donors (Lipinski definition) is 0. The molecule has 2 heterocycles. The maximum absolute atomic E-state index is 5.82. The summed E-state index contributed by atoms with van der Waals surface area (Å²) in [5.74, 6) is 1.60. The molecule has 0 radical (unpaired) electrons. The Hall–Kier alpha value is -1.42. The Bertz CT molecular complexity index is 494. The molecule has 0 N–H and O–H groups in total. The molecule has 3 nitrogen and oxygen atoms in total. The number of nitrogens with zero attached hydrogens (tertiary/aromatic N) is 2. The monoisotopic (exact) mass is 280 g/mol. The average Bonchev–Trinajstić information content (AvgIpc) is 2.24. The van der Waals surface area contributed by atoms with Crippen molar-refractivity contribution in [3.63, 3.8) is 0 Å². The van der Waals surface area contributed by atoms with Gasteiger partial charge in [0.2, 0.25) is 6.20 Å². The van der Waals surface area contributed by atoms with Crippen LogP contribution in [-0.4, -0.2) is 0 Å². The number of aryl methyl sites for hydroxylation is 2. The van der Waals surface area contributed by atoms with Crippen LogP contribution in [0.4, 0.5) is 0 Å². The molecular weight excluding hydrogens is 268 g/mol. The predicted molar refractivity (Wildman–Crippen MR) is 63.0 cm³/mol. The summed E-state index contributed by atoms with van der Waals surface area (Å²) in [5.41, 5.74) is 0. The first-order chi connectivity index (χ1) is 7.66. The summed E-state index contributed by atoms with van der Waals surface area (Å²) < 4.78 is 10.6. The van der Waals surface area contributed by atoms with E-state index >= 15 is 0 Å². The Kier molecular flexibility index (Phi) is 3.19. The van der Waals surface area contributed by atoms with Crippen molar-refractivity contribution in [3.8, 4) is 11.6 Å². The highest BCUT2D eigenvalue weighted by atomic mass is 79.9. The van der Waals surface area contributed by atoms with Crippen LogP contribution < -0.4 is 13.9 Å². The molecule has 0 bridgehead atoms. The highest BCUT2D eigenvalue weighted by Crippen LogP contribution is 2.24. The molecule has 0 aliphatic heterocycles. The molecule has 0 aliphatic carbocycles. The van der Waals surface area contributed by atoms with E-state index in [-0.39, 0.29) is 0 Å². The van der Waals surface area contributed by atoms with Gasteiger partial charge in [0, 0.05) is 12.1 Å². The van der Waals surface area contributed by atoms with Crippen molar-refractivity contribution in [2.75, 3.05) is 0 Å². The van der Waals surface area contributed by atoms with E-state index in [1.165, 1.54) is 0 Å². The second-order valence-corrected chi connectivity index (χ2v) is 4.43. The summed E-state index contributed by atoms with van der Waals surface area (Å²) in [4.78, 5) is 0. The third-order valence-electron chi connectivity index (χ3n) is 2.20. The van der Waals surface area contributed by atoms with Crippen molar-refractivity contribution in [2.45, 2.75) is 0 Å². The third kappa shape index (κ3) is 2.39. The van der Waals surface area contributed by atoms with Crippen LogP contribution in [0.2, 0.25) is 0 Å². The molecule has 82 valence electrons. The van der Waals surface area contributed by atoms with E-state index in [0.717, 1.165) is 16.1 Å². The van der Waals surface area contributed by atoms with Crippen molar-refractivity contribution in [1.29, 1.82) is 0 Å². The fourth-order valence-electron chi connectivity index (χ4n) is 1.42. The SMILES string of the molecule is C[n+]1cccc(Oc2c(Br)ccc[n+]2C)c1. The molecule has 0 spiro atoms. The normalized spacial score (nSPS) is 10.2. The van der Waals surface area contributed by atoms with E-state index in [2.05, 4.69) is 15.9 Å². The third-order valence-corrected chi connectivity index (χ3v) is 2.81. The lowest BCUT2D eigenvalue weighted by atomic mass is 10.4. The van der Waals surface area contributed by atoms with Crippen LogP contribution in [0, 0.1) is 0 Å². The van der Waals surface area contributed by atoms with Crippen LogP contribution in [0.3, 0.4) is 0 Å². The smallest absolute Gasteiger partial charge is 0.387 e. The molecule has 16 heavy (non-hydrogen) atoms. The first-order valence-corrected chi connectivity index (χ1v) is 5.73. The Labute approximate surface area is 103 Å². The summed E-state index contributed by atoms with van der Waals surface area (Å²) in [5, 5.41) is 0. The summed E-state index contributed by atoms with van der Waals surface area (Å²) >= 11 is 3.47. The van der Waals surface area contributed by atoms with Gasteiger partial charge < -0.3 is 4.74 Å². The van der Waals surface area contributed by atoms with Gasteiger partial charge in [-0.2, -0.15) is 4.57 Å².